The fraction of sp³-hybridized carbons (Fsp3) is 0.125. The first-order valence-corrected chi connectivity index (χ1v) is 9.83. The van der Waals surface area contributed by atoms with E-state index in [1.165, 1.54) is 0 Å². The SMILES string of the molecule is COc1ccc(CN2C(=O)C(n3ccc4ccccc43)c3cc(Cl)ccc32)cc1. The first kappa shape index (κ1) is 17.8. The van der Waals surface area contributed by atoms with E-state index < -0.39 is 6.04 Å². The number of ether oxygens (including phenoxy) is 1. The van der Waals surface area contributed by atoms with Gasteiger partial charge in [-0.15, -0.1) is 0 Å². The Bertz CT molecular complexity index is 1210. The van der Waals surface area contributed by atoms with Gasteiger partial charge in [0.1, 0.15) is 11.8 Å². The molecule has 3 aromatic carbocycles. The second-order valence-electron chi connectivity index (χ2n) is 7.16. The van der Waals surface area contributed by atoms with Crippen LogP contribution in [0.1, 0.15) is 17.2 Å². The second-order valence-corrected chi connectivity index (χ2v) is 7.60. The van der Waals surface area contributed by atoms with Crippen LogP contribution in [0, 0.1) is 0 Å². The number of fused-ring (bicyclic) bond motifs is 2. The zero-order valence-corrected chi connectivity index (χ0v) is 16.6. The highest BCUT2D eigenvalue weighted by Gasteiger charge is 2.39. The van der Waals surface area contributed by atoms with E-state index in [2.05, 4.69) is 6.07 Å². The maximum absolute atomic E-state index is 13.6. The summed E-state index contributed by atoms with van der Waals surface area (Å²) in [6.07, 6.45) is 1.98. The van der Waals surface area contributed by atoms with Gasteiger partial charge in [0.25, 0.3) is 5.91 Å². The molecule has 1 unspecified atom stereocenters. The maximum atomic E-state index is 13.6. The molecule has 4 aromatic rings. The lowest BCUT2D eigenvalue weighted by Gasteiger charge is -2.19. The molecule has 0 saturated heterocycles. The van der Waals surface area contributed by atoms with Gasteiger partial charge in [0.05, 0.1) is 19.3 Å². The minimum Gasteiger partial charge on any atom is -0.497 e. The highest BCUT2D eigenvalue weighted by Crippen LogP contribution is 2.42. The number of rotatable bonds is 4. The molecule has 5 rings (SSSR count). The van der Waals surface area contributed by atoms with E-state index in [0.29, 0.717) is 11.6 Å². The number of para-hydroxylation sites is 1. The van der Waals surface area contributed by atoms with Gasteiger partial charge >= 0.3 is 0 Å². The van der Waals surface area contributed by atoms with E-state index in [-0.39, 0.29) is 5.91 Å². The summed E-state index contributed by atoms with van der Waals surface area (Å²) in [5, 5.41) is 1.74. The highest BCUT2D eigenvalue weighted by molar-refractivity contribution is 6.31. The summed E-state index contributed by atoms with van der Waals surface area (Å²) in [6, 6.07) is 23.2. The molecule has 1 aliphatic rings. The molecule has 0 N–H and O–H groups in total. The molecule has 0 saturated carbocycles. The topological polar surface area (TPSA) is 34.5 Å². The molecule has 0 aliphatic carbocycles. The van der Waals surface area contributed by atoms with Crippen LogP contribution in [0.15, 0.2) is 79.0 Å². The lowest BCUT2D eigenvalue weighted by Crippen LogP contribution is -2.30. The van der Waals surface area contributed by atoms with Crippen LogP contribution in [0.2, 0.25) is 5.02 Å². The summed E-state index contributed by atoms with van der Waals surface area (Å²) in [6.45, 7) is 0.493. The van der Waals surface area contributed by atoms with E-state index >= 15 is 0 Å². The van der Waals surface area contributed by atoms with Gasteiger partial charge in [-0.2, -0.15) is 0 Å². The van der Waals surface area contributed by atoms with Crippen LogP contribution in [0.5, 0.6) is 5.75 Å². The van der Waals surface area contributed by atoms with Crippen LogP contribution >= 0.6 is 11.6 Å². The van der Waals surface area contributed by atoms with Gasteiger partial charge in [-0.3, -0.25) is 4.79 Å². The van der Waals surface area contributed by atoms with Crippen LogP contribution in [-0.2, 0) is 11.3 Å². The van der Waals surface area contributed by atoms with E-state index in [9.17, 15) is 4.79 Å². The summed E-state index contributed by atoms with van der Waals surface area (Å²) in [4.78, 5) is 15.4. The van der Waals surface area contributed by atoms with Gasteiger partial charge in [-0.25, -0.2) is 0 Å². The summed E-state index contributed by atoms with van der Waals surface area (Å²) in [7, 11) is 1.64. The number of benzene rings is 3. The third-order valence-electron chi connectivity index (χ3n) is 5.48. The molecule has 1 amide bonds. The van der Waals surface area contributed by atoms with E-state index in [0.717, 1.165) is 33.5 Å². The number of aromatic nitrogens is 1. The molecule has 5 heteroatoms. The lowest BCUT2D eigenvalue weighted by atomic mass is 10.1. The molecule has 0 radical (unpaired) electrons. The first-order chi connectivity index (χ1) is 14.2. The molecule has 1 aliphatic heterocycles. The Kier molecular flexibility index (Phi) is 4.29. The average Bonchev–Trinajstić information content (AvgIpc) is 3.27. The van der Waals surface area contributed by atoms with Gasteiger partial charge in [0.2, 0.25) is 0 Å². The molecule has 4 nitrogen and oxygen atoms in total. The summed E-state index contributed by atoms with van der Waals surface area (Å²) in [5.41, 5.74) is 3.90. The molecular formula is C24H19ClN2O2. The minimum atomic E-state index is -0.429. The van der Waals surface area contributed by atoms with Gasteiger partial charge < -0.3 is 14.2 Å². The molecule has 1 atom stereocenters. The van der Waals surface area contributed by atoms with E-state index in [1.807, 2.05) is 82.4 Å². The molecule has 29 heavy (non-hydrogen) atoms. The Balaban J connectivity index is 1.59. The molecule has 1 aromatic heterocycles. The third kappa shape index (κ3) is 2.97. The van der Waals surface area contributed by atoms with Crippen LogP contribution < -0.4 is 9.64 Å². The van der Waals surface area contributed by atoms with Crippen molar-refractivity contribution in [1.29, 1.82) is 0 Å². The van der Waals surface area contributed by atoms with Crippen LogP contribution in [0.3, 0.4) is 0 Å². The molecule has 144 valence electrons. The van der Waals surface area contributed by atoms with Crippen molar-refractivity contribution in [2.45, 2.75) is 12.6 Å². The zero-order chi connectivity index (χ0) is 20.0. The number of halogens is 1. The number of carbonyl (C=O) groups excluding carboxylic acids is 1. The van der Waals surface area contributed by atoms with Crippen molar-refractivity contribution < 1.29 is 9.53 Å². The number of hydrogen-bond acceptors (Lipinski definition) is 2. The standard InChI is InChI=1S/C24H19ClN2O2/c1-29-19-9-6-16(7-10-19)15-27-22-11-8-18(25)14-20(22)23(24(27)28)26-13-12-17-4-2-3-5-21(17)26/h2-14,23H,15H2,1H3. The number of carbonyl (C=O) groups is 1. The summed E-state index contributed by atoms with van der Waals surface area (Å²) >= 11 is 6.30. The predicted molar refractivity (Wildman–Crippen MR) is 116 cm³/mol. The molecular weight excluding hydrogens is 384 g/mol. The Morgan fingerprint density at radius 1 is 1.00 bits per heavy atom. The highest BCUT2D eigenvalue weighted by atomic mass is 35.5. The largest absolute Gasteiger partial charge is 0.497 e. The van der Waals surface area contributed by atoms with E-state index in [4.69, 9.17) is 16.3 Å². The van der Waals surface area contributed by atoms with Crippen molar-refractivity contribution in [1.82, 2.24) is 4.57 Å². The fourth-order valence-electron chi connectivity index (χ4n) is 4.06. The first-order valence-electron chi connectivity index (χ1n) is 9.45. The third-order valence-corrected chi connectivity index (χ3v) is 5.72. The molecule has 0 bridgehead atoms. The van der Waals surface area contributed by atoms with Crippen LogP contribution in [-0.4, -0.2) is 17.6 Å². The Morgan fingerprint density at radius 2 is 1.79 bits per heavy atom. The maximum Gasteiger partial charge on any atom is 0.255 e. The predicted octanol–water partition coefficient (Wildman–Crippen LogP) is 5.44. The minimum absolute atomic E-state index is 0.0411. The number of methoxy groups -OCH3 is 1. The van der Waals surface area contributed by atoms with Gasteiger partial charge in [-0.05, 0) is 53.4 Å². The van der Waals surface area contributed by atoms with Crippen molar-refractivity contribution in [2.75, 3.05) is 12.0 Å². The smallest absolute Gasteiger partial charge is 0.255 e. The number of anilines is 1. The van der Waals surface area contributed by atoms with Crippen LogP contribution in [0.4, 0.5) is 5.69 Å². The van der Waals surface area contributed by atoms with E-state index in [1.54, 1.807) is 7.11 Å². The molecule has 0 fully saturated rings. The number of nitrogens with zero attached hydrogens (tertiary/aromatic N) is 2. The summed E-state index contributed by atoms with van der Waals surface area (Å²) < 4.78 is 7.28. The fourth-order valence-corrected chi connectivity index (χ4v) is 4.25. The van der Waals surface area contributed by atoms with Gasteiger partial charge in [0.15, 0.2) is 0 Å². The summed E-state index contributed by atoms with van der Waals surface area (Å²) in [5.74, 6) is 0.838. The van der Waals surface area contributed by atoms with Crippen LogP contribution in [0.25, 0.3) is 10.9 Å². The monoisotopic (exact) mass is 402 g/mol. The molecule has 0 spiro atoms. The van der Waals surface area contributed by atoms with Gasteiger partial charge in [-0.1, -0.05) is 41.9 Å². The van der Waals surface area contributed by atoms with Crippen molar-refractivity contribution in [2.24, 2.45) is 0 Å². The number of hydrogen-bond donors (Lipinski definition) is 0. The Labute approximate surface area is 173 Å². The normalized spacial score (nSPS) is 15.7. The van der Waals surface area contributed by atoms with Crippen molar-refractivity contribution >= 4 is 34.1 Å². The van der Waals surface area contributed by atoms with Crippen molar-refractivity contribution in [3.8, 4) is 5.75 Å². The van der Waals surface area contributed by atoms with Crippen molar-refractivity contribution in [3.05, 3.63) is 95.1 Å². The zero-order valence-electron chi connectivity index (χ0n) is 15.9. The lowest BCUT2D eigenvalue weighted by molar-refractivity contribution is -0.119. The molecule has 2 heterocycles. The number of amides is 1. The van der Waals surface area contributed by atoms with Gasteiger partial charge in [0, 0.05) is 22.3 Å². The quantitative estimate of drug-likeness (QED) is 0.455. The average molecular weight is 403 g/mol. The Morgan fingerprint density at radius 3 is 2.59 bits per heavy atom. The van der Waals surface area contributed by atoms with Crippen molar-refractivity contribution in [3.63, 3.8) is 0 Å². The second kappa shape index (κ2) is 6.98. The Hall–Kier alpha value is -3.24.